The van der Waals surface area contributed by atoms with E-state index in [9.17, 15) is 0 Å². The van der Waals surface area contributed by atoms with Gasteiger partial charge in [0, 0.05) is 6.10 Å². The molecule has 6 heavy (non-hydrogen) atoms. The van der Waals surface area contributed by atoms with E-state index >= 15 is 0 Å². The molecule has 0 rings (SSSR count). The maximum atomic E-state index is 4.70. The number of rotatable bonds is 2. The lowest BCUT2D eigenvalue weighted by molar-refractivity contribution is 0.239. The maximum absolute atomic E-state index is 4.70. The van der Waals surface area contributed by atoms with E-state index in [0.29, 0.717) is 6.10 Å². The molecule has 1 nitrogen and oxygen atoms in total. The summed E-state index contributed by atoms with van der Waals surface area (Å²) in [5.74, 6) is 0. The minimum absolute atomic E-state index is 0.349. The SMILES string of the molecule is CCC(C)O[Si]. The smallest absolute Gasteiger partial charge is 0.246 e. The van der Waals surface area contributed by atoms with Crippen LogP contribution >= 0.6 is 0 Å². The Bertz CT molecular complexity index is 26.7. The molecule has 0 spiro atoms. The highest BCUT2D eigenvalue weighted by Gasteiger charge is 1.88. The first-order valence-corrected chi connectivity index (χ1v) is 2.54. The molecular formula is C4H9OSi. The molecule has 1 unspecified atom stereocenters. The standard InChI is InChI=1S/C4H9OSi/c1-3-4(2)5-6/h4H,3H2,1-2H3. The Morgan fingerprint density at radius 2 is 2.33 bits per heavy atom. The van der Waals surface area contributed by atoms with Gasteiger partial charge >= 0.3 is 0 Å². The van der Waals surface area contributed by atoms with Crippen molar-refractivity contribution in [2.75, 3.05) is 0 Å². The van der Waals surface area contributed by atoms with Gasteiger partial charge in [0.2, 0.25) is 10.5 Å². The third-order valence-corrected chi connectivity index (χ3v) is 1.18. The second-order valence-corrected chi connectivity index (χ2v) is 1.57. The van der Waals surface area contributed by atoms with Gasteiger partial charge in [-0.15, -0.1) is 0 Å². The monoisotopic (exact) mass is 101 g/mol. The van der Waals surface area contributed by atoms with Crippen LogP contribution in [0.2, 0.25) is 0 Å². The molecule has 0 aromatic rings. The van der Waals surface area contributed by atoms with Crippen molar-refractivity contribution >= 4 is 10.5 Å². The summed E-state index contributed by atoms with van der Waals surface area (Å²) in [6.07, 6.45) is 1.41. The minimum atomic E-state index is 0.349. The minimum Gasteiger partial charge on any atom is -0.416 e. The van der Waals surface area contributed by atoms with Crippen LogP contribution in [0.3, 0.4) is 0 Å². The molecule has 0 aliphatic heterocycles. The van der Waals surface area contributed by atoms with Gasteiger partial charge in [-0.3, -0.25) is 0 Å². The summed E-state index contributed by atoms with van der Waals surface area (Å²) >= 11 is 0. The largest absolute Gasteiger partial charge is 0.416 e. The van der Waals surface area contributed by atoms with Crippen LogP contribution in [0, 0.1) is 0 Å². The molecule has 0 N–H and O–H groups in total. The van der Waals surface area contributed by atoms with E-state index in [1.54, 1.807) is 0 Å². The summed E-state index contributed by atoms with van der Waals surface area (Å²) in [7, 11) is 2.92. The van der Waals surface area contributed by atoms with E-state index in [2.05, 4.69) is 17.4 Å². The molecule has 1 atom stereocenters. The van der Waals surface area contributed by atoms with E-state index in [-0.39, 0.29) is 0 Å². The molecule has 3 radical (unpaired) electrons. The Morgan fingerprint density at radius 3 is 2.33 bits per heavy atom. The zero-order valence-corrected chi connectivity index (χ0v) is 5.19. The van der Waals surface area contributed by atoms with Crippen molar-refractivity contribution in [1.29, 1.82) is 0 Å². The van der Waals surface area contributed by atoms with E-state index in [4.69, 9.17) is 4.43 Å². The average Bonchev–Trinajstić information content (AvgIpc) is 1.65. The van der Waals surface area contributed by atoms with E-state index in [0.717, 1.165) is 6.42 Å². The number of hydrogen-bond donors (Lipinski definition) is 0. The lowest BCUT2D eigenvalue weighted by Gasteiger charge is -2.01. The average molecular weight is 101 g/mol. The Balaban J connectivity index is 2.75. The quantitative estimate of drug-likeness (QED) is 0.469. The highest BCUT2D eigenvalue weighted by Crippen LogP contribution is 1.89. The fourth-order valence-electron chi connectivity index (χ4n) is 0.0833. The second kappa shape index (κ2) is 3.37. The lowest BCUT2D eigenvalue weighted by Crippen LogP contribution is -2.01. The van der Waals surface area contributed by atoms with Gasteiger partial charge in [0.15, 0.2) is 0 Å². The molecule has 2 heteroatoms. The van der Waals surface area contributed by atoms with Crippen molar-refractivity contribution in [2.45, 2.75) is 26.4 Å². The van der Waals surface area contributed by atoms with Crippen molar-refractivity contribution in [3.8, 4) is 0 Å². The van der Waals surface area contributed by atoms with Crippen LogP contribution in [0.1, 0.15) is 20.3 Å². The Labute approximate surface area is 42.2 Å². The van der Waals surface area contributed by atoms with Gasteiger partial charge in [-0.1, -0.05) is 6.92 Å². The highest BCUT2D eigenvalue weighted by atomic mass is 28.2. The van der Waals surface area contributed by atoms with Crippen molar-refractivity contribution < 1.29 is 4.43 Å². The molecule has 35 valence electrons. The van der Waals surface area contributed by atoms with Crippen LogP contribution in [-0.2, 0) is 4.43 Å². The lowest BCUT2D eigenvalue weighted by atomic mass is 10.3. The molecule has 0 aromatic carbocycles. The summed E-state index contributed by atoms with van der Waals surface area (Å²) in [5, 5.41) is 0. The fraction of sp³-hybridized carbons (Fsp3) is 1.00. The van der Waals surface area contributed by atoms with Crippen molar-refractivity contribution in [1.82, 2.24) is 0 Å². The van der Waals surface area contributed by atoms with Crippen molar-refractivity contribution in [3.63, 3.8) is 0 Å². The van der Waals surface area contributed by atoms with Crippen molar-refractivity contribution in [2.24, 2.45) is 0 Å². The summed E-state index contributed by atoms with van der Waals surface area (Å²) in [6.45, 7) is 4.08. The van der Waals surface area contributed by atoms with Gasteiger partial charge in [-0.05, 0) is 13.3 Å². The van der Waals surface area contributed by atoms with Crippen LogP contribution < -0.4 is 0 Å². The van der Waals surface area contributed by atoms with Gasteiger partial charge in [-0.25, -0.2) is 0 Å². The Morgan fingerprint density at radius 1 is 1.83 bits per heavy atom. The topological polar surface area (TPSA) is 9.23 Å². The Hall–Kier alpha value is 0.177. The molecule has 0 saturated carbocycles. The maximum Gasteiger partial charge on any atom is 0.246 e. The van der Waals surface area contributed by atoms with Gasteiger partial charge in [0.05, 0.1) is 0 Å². The fourth-order valence-corrected chi connectivity index (χ4v) is 0.250. The van der Waals surface area contributed by atoms with E-state index < -0.39 is 0 Å². The second-order valence-electron chi connectivity index (χ2n) is 1.34. The van der Waals surface area contributed by atoms with E-state index in [1.165, 1.54) is 0 Å². The molecular weight excluding hydrogens is 92.1 g/mol. The van der Waals surface area contributed by atoms with Crippen LogP contribution in [0.15, 0.2) is 0 Å². The molecule has 0 aliphatic carbocycles. The van der Waals surface area contributed by atoms with Crippen LogP contribution in [0.5, 0.6) is 0 Å². The predicted octanol–water partition coefficient (Wildman–Crippen LogP) is 0.885. The van der Waals surface area contributed by atoms with Crippen molar-refractivity contribution in [3.05, 3.63) is 0 Å². The summed E-state index contributed by atoms with van der Waals surface area (Å²) in [5.41, 5.74) is 0. The number of hydrogen-bond acceptors (Lipinski definition) is 1. The van der Waals surface area contributed by atoms with Gasteiger partial charge < -0.3 is 4.43 Å². The molecule has 0 bridgehead atoms. The molecule has 0 heterocycles. The third kappa shape index (κ3) is 2.42. The zero-order valence-electron chi connectivity index (χ0n) is 4.19. The molecule has 0 aliphatic rings. The Kier molecular flexibility index (Phi) is 3.47. The highest BCUT2D eigenvalue weighted by molar-refractivity contribution is 5.98. The van der Waals surface area contributed by atoms with Crippen LogP contribution in [0.4, 0.5) is 0 Å². The van der Waals surface area contributed by atoms with Crippen LogP contribution in [-0.4, -0.2) is 16.6 Å². The molecule has 0 fully saturated rings. The van der Waals surface area contributed by atoms with Gasteiger partial charge in [-0.2, -0.15) is 0 Å². The predicted molar refractivity (Wildman–Crippen MR) is 26.6 cm³/mol. The summed E-state index contributed by atoms with van der Waals surface area (Å²) in [6, 6.07) is 0. The first-order chi connectivity index (χ1) is 2.81. The third-order valence-electron chi connectivity index (χ3n) is 0.776. The summed E-state index contributed by atoms with van der Waals surface area (Å²) < 4.78 is 4.70. The molecule has 0 amide bonds. The molecule has 0 aromatic heterocycles. The molecule has 0 saturated heterocycles. The van der Waals surface area contributed by atoms with Crippen LogP contribution in [0.25, 0.3) is 0 Å². The first-order valence-electron chi connectivity index (χ1n) is 2.13. The summed E-state index contributed by atoms with van der Waals surface area (Å²) in [4.78, 5) is 0. The normalized spacial score (nSPS) is 14.5. The first kappa shape index (κ1) is 6.18. The van der Waals surface area contributed by atoms with E-state index in [1.807, 2.05) is 6.92 Å². The van der Waals surface area contributed by atoms with Gasteiger partial charge in [0.25, 0.3) is 0 Å². The zero-order chi connectivity index (χ0) is 4.99. The van der Waals surface area contributed by atoms with Gasteiger partial charge in [0.1, 0.15) is 0 Å².